The van der Waals surface area contributed by atoms with E-state index in [0.29, 0.717) is 0 Å². The predicted octanol–water partition coefficient (Wildman–Crippen LogP) is 1.96. The third-order valence-electron chi connectivity index (χ3n) is 3.40. The Hall–Kier alpha value is -0.0800. The normalized spacial score (nSPS) is 35.1. The van der Waals surface area contributed by atoms with E-state index in [2.05, 4.69) is 45.0 Å². The first-order valence-corrected chi connectivity index (χ1v) is 5.94. The Kier molecular flexibility index (Phi) is 4.39. The Morgan fingerprint density at radius 2 is 2.00 bits per heavy atom. The smallest absolute Gasteiger partial charge is 0.0120 e. The monoisotopic (exact) mass is 198 g/mol. The standard InChI is InChI=1S/C12H26N2/c1-9(2)7-13-12-6-11(4)14(5)8-10(12)3/h9-13H,6-8H2,1-5H3/t10-,11+,12+/m0/s1. The van der Waals surface area contributed by atoms with Crippen LogP contribution in [0.5, 0.6) is 0 Å². The molecular weight excluding hydrogens is 172 g/mol. The molecule has 1 saturated heterocycles. The van der Waals surface area contributed by atoms with Crippen LogP contribution >= 0.6 is 0 Å². The topological polar surface area (TPSA) is 15.3 Å². The van der Waals surface area contributed by atoms with Gasteiger partial charge in [0.1, 0.15) is 0 Å². The third kappa shape index (κ3) is 3.25. The van der Waals surface area contributed by atoms with E-state index in [0.717, 1.165) is 30.5 Å². The molecule has 1 heterocycles. The highest BCUT2D eigenvalue weighted by molar-refractivity contribution is 4.86. The fourth-order valence-corrected chi connectivity index (χ4v) is 2.21. The highest BCUT2D eigenvalue weighted by Crippen LogP contribution is 2.20. The third-order valence-corrected chi connectivity index (χ3v) is 3.40. The summed E-state index contributed by atoms with van der Waals surface area (Å²) in [5.74, 6) is 1.55. The first-order chi connectivity index (χ1) is 6.50. The molecule has 2 heteroatoms. The first kappa shape index (κ1) is 12.0. The van der Waals surface area contributed by atoms with Crippen molar-refractivity contribution in [3.8, 4) is 0 Å². The van der Waals surface area contributed by atoms with Crippen molar-refractivity contribution < 1.29 is 0 Å². The molecule has 2 nitrogen and oxygen atoms in total. The molecule has 0 aliphatic carbocycles. The van der Waals surface area contributed by atoms with Gasteiger partial charge in [-0.3, -0.25) is 0 Å². The summed E-state index contributed by atoms with van der Waals surface area (Å²) in [5.41, 5.74) is 0. The van der Waals surface area contributed by atoms with Crippen LogP contribution < -0.4 is 5.32 Å². The molecule has 0 bridgehead atoms. The highest BCUT2D eigenvalue weighted by atomic mass is 15.2. The number of hydrogen-bond donors (Lipinski definition) is 1. The van der Waals surface area contributed by atoms with E-state index in [1.807, 2.05) is 0 Å². The number of hydrogen-bond acceptors (Lipinski definition) is 2. The first-order valence-electron chi connectivity index (χ1n) is 5.94. The van der Waals surface area contributed by atoms with E-state index in [-0.39, 0.29) is 0 Å². The zero-order valence-electron chi connectivity index (χ0n) is 10.4. The molecule has 84 valence electrons. The number of nitrogens with one attached hydrogen (secondary N) is 1. The summed E-state index contributed by atoms with van der Waals surface area (Å²) in [6.07, 6.45) is 1.30. The molecule has 0 unspecified atom stereocenters. The van der Waals surface area contributed by atoms with Gasteiger partial charge in [-0.2, -0.15) is 0 Å². The van der Waals surface area contributed by atoms with Crippen LogP contribution in [0.4, 0.5) is 0 Å². The molecule has 0 amide bonds. The molecule has 14 heavy (non-hydrogen) atoms. The fraction of sp³-hybridized carbons (Fsp3) is 1.00. The van der Waals surface area contributed by atoms with Crippen LogP contribution in [0.3, 0.4) is 0 Å². The van der Waals surface area contributed by atoms with Crippen LogP contribution in [0.25, 0.3) is 0 Å². The maximum Gasteiger partial charge on any atom is 0.0120 e. The molecule has 3 atom stereocenters. The lowest BCUT2D eigenvalue weighted by atomic mass is 9.89. The molecule has 1 fully saturated rings. The predicted molar refractivity (Wildman–Crippen MR) is 62.5 cm³/mol. The van der Waals surface area contributed by atoms with Crippen LogP contribution in [0.1, 0.15) is 34.1 Å². The van der Waals surface area contributed by atoms with Crippen LogP contribution in [0.15, 0.2) is 0 Å². The number of likely N-dealkylation sites (tertiary alicyclic amines) is 1. The van der Waals surface area contributed by atoms with Crippen molar-refractivity contribution >= 4 is 0 Å². The van der Waals surface area contributed by atoms with Crippen molar-refractivity contribution in [2.75, 3.05) is 20.1 Å². The maximum atomic E-state index is 3.70. The van der Waals surface area contributed by atoms with Gasteiger partial charge in [0.15, 0.2) is 0 Å². The molecule has 0 aromatic heterocycles. The van der Waals surface area contributed by atoms with Crippen LogP contribution in [0, 0.1) is 11.8 Å². The summed E-state index contributed by atoms with van der Waals surface area (Å²) in [6.45, 7) is 11.6. The van der Waals surface area contributed by atoms with Gasteiger partial charge in [-0.1, -0.05) is 20.8 Å². The van der Waals surface area contributed by atoms with E-state index < -0.39 is 0 Å². The number of rotatable bonds is 3. The lowest BCUT2D eigenvalue weighted by Gasteiger charge is -2.40. The second-order valence-electron chi connectivity index (χ2n) is 5.41. The molecule has 0 saturated carbocycles. The number of piperidine rings is 1. The summed E-state index contributed by atoms with van der Waals surface area (Å²) in [4.78, 5) is 2.47. The largest absolute Gasteiger partial charge is 0.313 e. The molecular formula is C12H26N2. The van der Waals surface area contributed by atoms with E-state index in [4.69, 9.17) is 0 Å². The van der Waals surface area contributed by atoms with Gasteiger partial charge in [0, 0.05) is 18.6 Å². The Labute approximate surface area is 89.1 Å². The lowest BCUT2D eigenvalue weighted by molar-refractivity contribution is 0.120. The zero-order valence-corrected chi connectivity index (χ0v) is 10.4. The van der Waals surface area contributed by atoms with Crippen molar-refractivity contribution in [1.29, 1.82) is 0 Å². The molecule has 1 aliphatic heterocycles. The summed E-state index contributed by atoms with van der Waals surface area (Å²) in [6, 6.07) is 1.46. The van der Waals surface area contributed by atoms with Gasteiger partial charge in [0.25, 0.3) is 0 Å². The van der Waals surface area contributed by atoms with E-state index >= 15 is 0 Å². The van der Waals surface area contributed by atoms with Crippen LogP contribution in [-0.4, -0.2) is 37.1 Å². The van der Waals surface area contributed by atoms with Gasteiger partial charge in [-0.25, -0.2) is 0 Å². The van der Waals surface area contributed by atoms with E-state index in [1.165, 1.54) is 13.0 Å². The maximum absolute atomic E-state index is 3.70. The molecule has 0 radical (unpaired) electrons. The summed E-state index contributed by atoms with van der Waals surface area (Å²) in [7, 11) is 2.24. The molecule has 1 rings (SSSR count). The van der Waals surface area contributed by atoms with Crippen molar-refractivity contribution in [3.05, 3.63) is 0 Å². The summed E-state index contributed by atoms with van der Waals surface area (Å²) >= 11 is 0. The Bertz CT molecular complexity index is 168. The zero-order chi connectivity index (χ0) is 10.7. The Morgan fingerprint density at radius 3 is 2.57 bits per heavy atom. The van der Waals surface area contributed by atoms with Crippen LogP contribution in [0.2, 0.25) is 0 Å². The SMILES string of the molecule is CC(C)CN[C@@H]1C[C@@H](C)N(C)C[C@@H]1C. The fourth-order valence-electron chi connectivity index (χ4n) is 2.21. The summed E-state index contributed by atoms with van der Waals surface area (Å²) in [5, 5.41) is 3.70. The Morgan fingerprint density at radius 1 is 1.36 bits per heavy atom. The van der Waals surface area contributed by atoms with Crippen molar-refractivity contribution in [1.82, 2.24) is 10.2 Å². The van der Waals surface area contributed by atoms with Gasteiger partial charge < -0.3 is 10.2 Å². The van der Waals surface area contributed by atoms with Gasteiger partial charge in [0.05, 0.1) is 0 Å². The van der Waals surface area contributed by atoms with Gasteiger partial charge >= 0.3 is 0 Å². The molecule has 1 N–H and O–H groups in total. The van der Waals surface area contributed by atoms with E-state index in [1.54, 1.807) is 0 Å². The minimum Gasteiger partial charge on any atom is -0.313 e. The van der Waals surface area contributed by atoms with Gasteiger partial charge in [-0.15, -0.1) is 0 Å². The molecule has 0 spiro atoms. The molecule has 0 aromatic carbocycles. The lowest BCUT2D eigenvalue weighted by Crippen LogP contribution is -2.51. The molecule has 1 aliphatic rings. The van der Waals surface area contributed by atoms with Crippen molar-refractivity contribution in [2.45, 2.75) is 46.2 Å². The minimum absolute atomic E-state index is 0.726. The Balaban J connectivity index is 2.37. The summed E-state index contributed by atoms with van der Waals surface area (Å²) < 4.78 is 0. The van der Waals surface area contributed by atoms with Crippen molar-refractivity contribution in [2.24, 2.45) is 11.8 Å². The van der Waals surface area contributed by atoms with E-state index in [9.17, 15) is 0 Å². The van der Waals surface area contributed by atoms with Crippen LogP contribution in [-0.2, 0) is 0 Å². The average Bonchev–Trinajstić information content (AvgIpc) is 2.09. The molecule has 0 aromatic rings. The quantitative estimate of drug-likeness (QED) is 0.746. The second kappa shape index (κ2) is 5.13. The average molecular weight is 198 g/mol. The minimum atomic E-state index is 0.726. The second-order valence-corrected chi connectivity index (χ2v) is 5.41. The van der Waals surface area contributed by atoms with Gasteiger partial charge in [0.2, 0.25) is 0 Å². The highest BCUT2D eigenvalue weighted by Gasteiger charge is 2.28. The number of nitrogens with zero attached hydrogens (tertiary/aromatic N) is 1. The van der Waals surface area contributed by atoms with Gasteiger partial charge in [-0.05, 0) is 38.8 Å². The van der Waals surface area contributed by atoms with Crippen molar-refractivity contribution in [3.63, 3.8) is 0 Å².